The van der Waals surface area contributed by atoms with Gasteiger partial charge >= 0.3 is 0 Å². The summed E-state index contributed by atoms with van der Waals surface area (Å²) in [6, 6.07) is 6.04. The smallest absolute Gasteiger partial charge is 0.217 e. The van der Waals surface area contributed by atoms with Crippen molar-refractivity contribution in [2.45, 2.75) is 20.1 Å². The van der Waals surface area contributed by atoms with Crippen LogP contribution in [-0.2, 0) is 0 Å². The lowest BCUT2D eigenvalue weighted by atomic mass is 10.0. The molecule has 0 amide bonds. The quantitative estimate of drug-likeness (QED) is 0.831. The van der Waals surface area contributed by atoms with E-state index >= 15 is 0 Å². The van der Waals surface area contributed by atoms with Crippen molar-refractivity contribution in [3.8, 4) is 5.75 Å². The van der Waals surface area contributed by atoms with Crippen LogP contribution in [0.25, 0.3) is 5.57 Å². The van der Waals surface area contributed by atoms with E-state index in [4.69, 9.17) is 4.74 Å². The third-order valence-electron chi connectivity index (χ3n) is 2.98. The minimum absolute atomic E-state index is 0.730. The van der Waals surface area contributed by atoms with Gasteiger partial charge in [0.25, 0.3) is 0 Å². The maximum atomic E-state index is 9.57. The molecule has 96 valence electrons. The molecule has 1 unspecified atom stereocenters. The molecule has 0 fully saturated rings. The Morgan fingerprint density at radius 2 is 2.22 bits per heavy atom. The number of likely N-dealkylation sites (N-methyl/N-ethyl adjacent to an activating group) is 1. The fourth-order valence-corrected chi connectivity index (χ4v) is 2.14. The van der Waals surface area contributed by atoms with Gasteiger partial charge in [0.2, 0.25) is 6.29 Å². The molecule has 1 aromatic rings. The Kier molecular flexibility index (Phi) is 3.43. The minimum atomic E-state index is -0.848. The predicted molar refractivity (Wildman–Crippen MR) is 74.8 cm³/mol. The van der Waals surface area contributed by atoms with Crippen LogP contribution in [-0.4, -0.2) is 25.0 Å². The van der Waals surface area contributed by atoms with Crippen molar-refractivity contribution in [2.75, 3.05) is 18.5 Å². The van der Waals surface area contributed by atoms with E-state index in [9.17, 15) is 5.11 Å². The summed E-state index contributed by atoms with van der Waals surface area (Å²) in [4.78, 5) is 2.10. The zero-order valence-electron chi connectivity index (χ0n) is 11.1. The molecule has 0 aliphatic carbocycles. The molecule has 0 aromatic heterocycles. The van der Waals surface area contributed by atoms with E-state index in [0.717, 1.165) is 34.7 Å². The van der Waals surface area contributed by atoms with E-state index < -0.39 is 6.29 Å². The number of allylic oxidation sites excluding steroid dienone is 1. The summed E-state index contributed by atoms with van der Waals surface area (Å²) in [5, 5.41) is 9.57. The van der Waals surface area contributed by atoms with Gasteiger partial charge in [0, 0.05) is 30.9 Å². The third-order valence-corrected chi connectivity index (χ3v) is 2.98. The van der Waals surface area contributed by atoms with Crippen molar-refractivity contribution in [1.82, 2.24) is 0 Å². The summed E-state index contributed by atoms with van der Waals surface area (Å²) in [5.41, 5.74) is 4.23. The number of hydrogen-bond donors (Lipinski definition) is 1. The second-order valence-corrected chi connectivity index (χ2v) is 4.85. The zero-order valence-corrected chi connectivity index (χ0v) is 11.1. The van der Waals surface area contributed by atoms with Crippen molar-refractivity contribution in [3.63, 3.8) is 0 Å². The molecule has 1 N–H and O–H groups in total. The Hall–Kier alpha value is -1.74. The third kappa shape index (κ3) is 2.57. The lowest BCUT2D eigenvalue weighted by Gasteiger charge is -2.24. The highest BCUT2D eigenvalue weighted by molar-refractivity contribution is 5.73. The normalized spacial score (nSPS) is 17.6. The molecule has 2 rings (SSSR count). The molecule has 1 aliphatic heterocycles. The average Bonchev–Trinajstić information content (AvgIpc) is 2.26. The number of rotatable bonds is 3. The first kappa shape index (κ1) is 12.7. The van der Waals surface area contributed by atoms with Crippen LogP contribution in [0.15, 0.2) is 36.4 Å². The summed E-state index contributed by atoms with van der Waals surface area (Å²) < 4.78 is 5.43. The van der Waals surface area contributed by atoms with Gasteiger partial charge in [-0.3, -0.25) is 0 Å². The molecule has 0 saturated carbocycles. The first-order valence-corrected chi connectivity index (χ1v) is 6.00. The van der Waals surface area contributed by atoms with E-state index in [1.807, 2.05) is 33.0 Å². The highest BCUT2D eigenvalue weighted by Crippen LogP contribution is 2.34. The Morgan fingerprint density at radius 1 is 1.50 bits per heavy atom. The number of aliphatic hydroxyl groups is 1. The number of ether oxygens (including phenoxy) is 1. The van der Waals surface area contributed by atoms with E-state index in [2.05, 4.69) is 17.5 Å². The SMILES string of the molecule is C=C(C)CN(C)c1ccc2c(c1)OC(O)C=C2C. The first-order valence-electron chi connectivity index (χ1n) is 6.00. The molecular weight excluding hydrogens is 226 g/mol. The Balaban J connectivity index is 2.30. The van der Waals surface area contributed by atoms with Gasteiger partial charge in [-0.1, -0.05) is 12.2 Å². The molecule has 0 bridgehead atoms. The van der Waals surface area contributed by atoms with Crippen molar-refractivity contribution in [2.24, 2.45) is 0 Å². The van der Waals surface area contributed by atoms with Crippen LogP contribution in [0.5, 0.6) is 5.75 Å². The highest BCUT2D eigenvalue weighted by Gasteiger charge is 2.17. The maximum absolute atomic E-state index is 9.57. The monoisotopic (exact) mass is 245 g/mol. The second-order valence-electron chi connectivity index (χ2n) is 4.85. The van der Waals surface area contributed by atoms with Gasteiger partial charge in [-0.05, 0) is 37.6 Å². The molecule has 0 radical (unpaired) electrons. The van der Waals surface area contributed by atoms with Crippen LogP contribution < -0.4 is 9.64 Å². The Bertz CT molecular complexity index is 505. The van der Waals surface area contributed by atoms with Gasteiger partial charge < -0.3 is 14.7 Å². The number of aliphatic hydroxyl groups excluding tert-OH is 1. The summed E-state index contributed by atoms with van der Waals surface area (Å²) >= 11 is 0. The van der Waals surface area contributed by atoms with Crippen LogP contribution in [0.3, 0.4) is 0 Å². The molecule has 1 aromatic carbocycles. The molecule has 1 atom stereocenters. The molecule has 18 heavy (non-hydrogen) atoms. The number of fused-ring (bicyclic) bond motifs is 1. The van der Waals surface area contributed by atoms with Crippen LogP contribution >= 0.6 is 0 Å². The van der Waals surface area contributed by atoms with Crippen molar-refractivity contribution in [3.05, 3.63) is 42.0 Å². The van der Waals surface area contributed by atoms with Crippen molar-refractivity contribution < 1.29 is 9.84 Å². The first-order chi connectivity index (χ1) is 8.47. The fraction of sp³-hybridized carbons (Fsp3) is 0.333. The topological polar surface area (TPSA) is 32.7 Å². The Morgan fingerprint density at radius 3 is 2.89 bits per heavy atom. The van der Waals surface area contributed by atoms with Gasteiger partial charge in [-0.25, -0.2) is 0 Å². The molecule has 0 saturated heterocycles. The molecule has 1 heterocycles. The van der Waals surface area contributed by atoms with Gasteiger partial charge in [-0.2, -0.15) is 0 Å². The standard InChI is InChI=1S/C15H19NO2/c1-10(2)9-16(4)12-5-6-13-11(3)7-15(17)18-14(13)8-12/h5-8,15,17H,1,9H2,2-4H3. The largest absolute Gasteiger partial charge is 0.461 e. The molecule has 3 nitrogen and oxygen atoms in total. The summed E-state index contributed by atoms with van der Waals surface area (Å²) in [6.45, 7) is 8.69. The van der Waals surface area contributed by atoms with Gasteiger partial charge in [0.15, 0.2) is 0 Å². The molecule has 3 heteroatoms. The molecular formula is C15H19NO2. The predicted octanol–water partition coefficient (Wildman–Crippen LogP) is 2.81. The van der Waals surface area contributed by atoms with Crippen LogP contribution in [0, 0.1) is 0 Å². The van der Waals surface area contributed by atoms with Crippen molar-refractivity contribution >= 4 is 11.3 Å². The fourth-order valence-electron chi connectivity index (χ4n) is 2.14. The van der Waals surface area contributed by atoms with Gasteiger partial charge in [0.05, 0.1) is 0 Å². The summed E-state index contributed by atoms with van der Waals surface area (Å²) in [6.07, 6.45) is 0.860. The number of nitrogens with zero attached hydrogens (tertiary/aromatic N) is 1. The highest BCUT2D eigenvalue weighted by atomic mass is 16.6. The zero-order chi connectivity index (χ0) is 13.3. The number of hydrogen-bond acceptors (Lipinski definition) is 3. The summed E-state index contributed by atoms with van der Waals surface area (Å²) in [7, 11) is 2.01. The van der Waals surface area contributed by atoms with Gasteiger partial charge in [-0.15, -0.1) is 0 Å². The van der Waals surface area contributed by atoms with Crippen LogP contribution in [0.1, 0.15) is 19.4 Å². The Labute approximate surface area is 108 Å². The van der Waals surface area contributed by atoms with E-state index in [-0.39, 0.29) is 0 Å². The number of benzene rings is 1. The average molecular weight is 245 g/mol. The molecule has 1 aliphatic rings. The minimum Gasteiger partial charge on any atom is -0.461 e. The van der Waals surface area contributed by atoms with E-state index in [1.165, 1.54) is 0 Å². The summed E-state index contributed by atoms with van der Waals surface area (Å²) in [5.74, 6) is 0.730. The van der Waals surface area contributed by atoms with E-state index in [0.29, 0.717) is 0 Å². The van der Waals surface area contributed by atoms with Gasteiger partial charge in [0.1, 0.15) is 5.75 Å². The molecule has 0 spiro atoms. The van der Waals surface area contributed by atoms with Crippen LogP contribution in [0.2, 0.25) is 0 Å². The second kappa shape index (κ2) is 4.86. The maximum Gasteiger partial charge on any atom is 0.217 e. The van der Waals surface area contributed by atoms with E-state index in [1.54, 1.807) is 6.08 Å². The van der Waals surface area contributed by atoms with Crippen LogP contribution in [0.4, 0.5) is 5.69 Å². The lowest BCUT2D eigenvalue weighted by molar-refractivity contribution is 0.0225. The van der Waals surface area contributed by atoms with Crippen molar-refractivity contribution in [1.29, 1.82) is 0 Å². The number of anilines is 1. The lowest BCUT2D eigenvalue weighted by Crippen LogP contribution is -2.21.